The summed E-state index contributed by atoms with van der Waals surface area (Å²) in [5.74, 6) is 1.71. The quantitative estimate of drug-likeness (QED) is 0.749. The summed E-state index contributed by atoms with van der Waals surface area (Å²) < 4.78 is 0. The average molecular weight is 226 g/mol. The summed E-state index contributed by atoms with van der Waals surface area (Å²) in [5.41, 5.74) is 0. The molecule has 0 aromatic carbocycles. The third-order valence-corrected chi connectivity index (χ3v) is 3.74. The average Bonchev–Trinajstić information content (AvgIpc) is 2.28. The Morgan fingerprint density at radius 2 is 2.00 bits per heavy atom. The lowest BCUT2D eigenvalue weighted by molar-refractivity contribution is 0.127. The van der Waals surface area contributed by atoms with Gasteiger partial charge in [-0.05, 0) is 44.7 Å². The van der Waals surface area contributed by atoms with Gasteiger partial charge in [-0.3, -0.25) is 4.90 Å². The van der Waals surface area contributed by atoms with Gasteiger partial charge in [0.15, 0.2) is 0 Å². The highest BCUT2D eigenvalue weighted by molar-refractivity contribution is 4.77. The van der Waals surface area contributed by atoms with E-state index in [4.69, 9.17) is 0 Å². The van der Waals surface area contributed by atoms with Crippen LogP contribution in [-0.4, -0.2) is 37.1 Å². The van der Waals surface area contributed by atoms with Crippen molar-refractivity contribution in [1.29, 1.82) is 0 Å². The molecule has 0 amide bonds. The van der Waals surface area contributed by atoms with Gasteiger partial charge in [0.1, 0.15) is 0 Å². The maximum atomic E-state index is 3.57. The molecule has 0 aliphatic carbocycles. The number of rotatable bonds is 6. The van der Waals surface area contributed by atoms with Crippen molar-refractivity contribution in [2.24, 2.45) is 11.8 Å². The van der Waals surface area contributed by atoms with Crippen LogP contribution < -0.4 is 5.32 Å². The highest BCUT2D eigenvalue weighted by atomic mass is 15.2. The van der Waals surface area contributed by atoms with Gasteiger partial charge in [-0.15, -0.1) is 0 Å². The molecule has 1 fully saturated rings. The van der Waals surface area contributed by atoms with Gasteiger partial charge in [0.25, 0.3) is 0 Å². The first kappa shape index (κ1) is 14.0. The molecule has 0 radical (unpaired) electrons. The minimum Gasteiger partial charge on any atom is -0.315 e. The number of hydrogen-bond acceptors (Lipinski definition) is 2. The fourth-order valence-corrected chi connectivity index (χ4v) is 2.54. The van der Waals surface area contributed by atoms with E-state index < -0.39 is 0 Å². The molecule has 1 rings (SSSR count). The molecule has 96 valence electrons. The lowest BCUT2D eigenvalue weighted by Gasteiger charge is -2.36. The van der Waals surface area contributed by atoms with Gasteiger partial charge in [-0.25, -0.2) is 0 Å². The summed E-state index contributed by atoms with van der Waals surface area (Å²) in [6, 6.07) is 0.702. The number of hydrogen-bond donors (Lipinski definition) is 1. The van der Waals surface area contributed by atoms with Crippen LogP contribution in [0.1, 0.15) is 47.0 Å². The number of piperidine rings is 1. The minimum atomic E-state index is 0.702. The van der Waals surface area contributed by atoms with Crippen LogP contribution >= 0.6 is 0 Å². The third-order valence-electron chi connectivity index (χ3n) is 3.74. The van der Waals surface area contributed by atoms with E-state index in [1.807, 2.05) is 0 Å². The van der Waals surface area contributed by atoms with Crippen molar-refractivity contribution in [1.82, 2.24) is 10.2 Å². The summed E-state index contributed by atoms with van der Waals surface area (Å²) >= 11 is 0. The smallest absolute Gasteiger partial charge is 0.0192 e. The van der Waals surface area contributed by atoms with Crippen molar-refractivity contribution >= 4 is 0 Å². The Balaban J connectivity index is 2.21. The first-order valence-electron chi connectivity index (χ1n) is 7.08. The predicted molar refractivity (Wildman–Crippen MR) is 71.8 cm³/mol. The summed E-state index contributed by atoms with van der Waals surface area (Å²) in [6.45, 7) is 14.2. The Bertz CT molecular complexity index is 180. The van der Waals surface area contributed by atoms with Crippen molar-refractivity contribution in [2.75, 3.05) is 26.2 Å². The van der Waals surface area contributed by atoms with Crippen molar-refractivity contribution < 1.29 is 0 Å². The maximum Gasteiger partial charge on any atom is 0.0192 e. The SMILES string of the molecule is CCC1CCCN(C(C)CNCC(C)C)C1. The molecule has 0 saturated carbocycles. The Hall–Kier alpha value is -0.0800. The monoisotopic (exact) mass is 226 g/mol. The van der Waals surface area contributed by atoms with E-state index in [-0.39, 0.29) is 0 Å². The molecule has 1 N–H and O–H groups in total. The van der Waals surface area contributed by atoms with Crippen LogP contribution in [0.5, 0.6) is 0 Å². The van der Waals surface area contributed by atoms with Crippen LogP contribution in [0.2, 0.25) is 0 Å². The minimum absolute atomic E-state index is 0.702. The van der Waals surface area contributed by atoms with Crippen LogP contribution in [0.25, 0.3) is 0 Å². The lowest BCUT2D eigenvalue weighted by Crippen LogP contribution is -2.46. The Morgan fingerprint density at radius 3 is 2.62 bits per heavy atom. The normalized spacial score (nSPS) is 24.9. The summed E-state index contributed by atoms with van der Waals surface area (Å²) in [7, 11) is 0. The van der Waals surface area contributed by atoms with Gasteiger partial charge in [0.05, 0.1) is 0 Å². The fourth-order valence-electron chi connectivity index (χ4n) is 2.54. The lowest BCUT2D eigenvalue weighted by atomic mass is 9.94. The topological polar surface area (TPSA) is 15.3 Å². The van der Waals surface area contributed by atoms with Crippen molar-refractivity contribution in [3.63, 3.8) is 0 Å². The molecule has 2 nitrogen and oxygen atoms in total. The van der Waals surface area contributed by atoms with Gasteiger partial charge in [-0.2, -0.15) is 0 Å². The van der Waals surface area contributed by atoms with Crippen molar-refractivity contribution in [3.8, 4) is 0 Å². The van der Waals surface area contributed by atoms with E-state index in [1.54, 1.807) is 0 Å². The van der Waals surface area contributed by atoms with E-state index in [1.165, 1.54) is 32.4 Å². The van der Waals surface area contributed by atoms with E-state index >= 15 is 0 Å². The summed E-state index contributed by atoms with van der Waals surface area (Å²) in [6.07, 6.45) is 4.19. The molecular formula is C14H30N2. The molecule has 1 aliphatic heterocycles. The Kier molecular flexibility index (Phi) is 6.37. The van der Waals surface area contributed by atoms with Crippen LogP contribution in [0.3, 0.4) is 0 Å². The third kappa shape index (κ3) is 4.84. The molecule has 0 spiro atoms. The van der Waals surface area contributed by atoms with Gasteiger partial charge >= 0.3 is 0 Å². The van der Waals surface area contributed by atoms with Crippen molar-refractivity contribution in [2.45, 2.75) is 53.0 Å². The van der Waals surface area contributed by atoms with Gasteiger partial charge in [-0.1, -0.05) is 27.2 Å². The van der Waals surface area contributed by atoms with Crippen LogP contribution in [0.15, 0.2) is 0 Å². The molecule has 16 heavy (non-hydrogen) atoms. The fraction of sp³-hybridized carbons (Fsp3) is 1.00. The zero-order valence-corrected chi connectivity index (χ0v) is 11.6. The molecule has 1 aliphatic rings. The largest absolute Gasteiger partial charge is 0.315 e. The Morgan fingerprint density at radius 1 is 1.25 bits per heavy atom. The summed E-state index contributed by atoms with van der Waals surface area (Å²) in [4.78, 5) is 2.67. The summed E-state index contributed by atoms with van der Waals surface area (Å²) in [5, 5.41) is 3.57. The number of nitrogens with zero attached hydrogens (tertiary/aromatic N) is 1. The molecule has 1 heterocycles. The highest BCUT2D eigenvalue weighted by Crippen LogP contribution is 2.20. The molecule has 0 bridgehead atoms. The molecule has 2 atom stereocenters. The molecule has 0 aromatic rings. The first-order valence-corrected chi connectivity index (χ1v) is 7.08. The highest BCUT2D eigenvalue weighted by Gasteiger charge is 2.21. The molecule has 1 saturated heterocycles. The Labute approximate surface area is 102 Å². The maximum absolute atomic E-state index is 3.57. The second-order valence-corrected chi connectivity index (χ2v) is 5.81. The second kappa shape index (κ2) is 7.29. The van der Waals surface area contributed by atoms with Crippen LogP contribution in [0, 0.1) is 11.8 Å². The second-order valence-electron chi connectivity index (χ2n) is 5.81. The van der Waals surface area contributed by atoms with Gasteiger partial charge in [0, 0.05) is 19.1 Å². The standard InChI is InChI=1S/C14H30N2/c1-5-14-7-6-8-16(11-14)13(4)10-15-9-12(2)3/h12-15H,5-11H2,1-4H3. The molecule has 2 unspecified atom stereocenters. The first-order chi connectivity index (χ1) is 7.63. The zero-order chi connectivity index (χ0) is 12.0. The van der Waals surface area contributed by atoms with Crippen LogP contribution in [-0.2, 0) is 0 Å². The zero-order valence-electron chi connectivity index (χ0n) is 11.6. The van der Waals surface area contributed by atoms with Crippen LogP contribution in [0.4, 0.5) is 0 Å². The molecular weight excluding hydrogens is 196 g/mol. The predicted octanol–water partition coefficient (Wildman–Crippen LogP) is 2.74. The number of nitrogens with one attached hydrogen (secondary N) is 1. The molecule has 2 heteroatoms. The van der Waals surface area contributed by atoms with E-state index in [0.717, 1.165) is 24.9 Å². The van der Waals surface area contributed by atoms with E-state index in [9.17, 15) is 0 Å². The van der Waals surface area contributed by atoms with E-state index in [0.29, 0.717) is 6.04 Å². The van der Waals surface area contributed by atoms with Crippen molar-refractivity contribution in [3.05, 3.63) is 0 Å². The van der Waals surface area contributed by atoms with Gasteiger partial charge in [0.2, 0.25) is 0 Å². The number of likely N-dealkylation sites (tertiary alicyclic amines) is 1. The van der Waals surface area contributed by atoms with Gasteiger partial charge < -0.3 is 5.32 Å². The van der Waals surface area contributed by atoms with E-state index in [2.05, 4.69) is 37.9 Å². The molecule has 0 aromatic heterocycles.